The fraction of sp³-hybridized carbons (Fsp3) is 0.222. The summed E-state index contributed by atoms with van der Waals surface area (Å²) in [6, 6.07) is 9.86. The predicted octanol–water partition coefficient (Wildman–Crippen LogP) is 3.33. The number of ketones is 1. The van der Waals surface area contributed by atoms with Crippen molar-refractivity contribution in [3.8, 4) is 17.2 Å². The van der Waals surface area contributed by atoms with E-state index in [1.54, 1.807) is 36.4 Å². The van der Waals surface area contributed by atoms with Gasteiger partial charge >= 0.3 is 0 Å². The highest BCUT2D eigenvalue weighted by molar-refractivity contribution is 6.34. The number of amides is 1. The quantitative estimate of drug-likeness (QED) is 0.827. The Kier molecular flexibility index (Phi) is 5.09. The van der Waals surface area contributed by atoms with Crippen LogP contribution in [-0.4, -0.2) is 31.5 Å². The van der Waals surface area contributed by atoms with Gasteiger partial charge in [-0.05, 0) is 19.1 Å². The third-order valence-electron chi connectivity index (χ3n) is 3.52. The summed E-state index contributed by atoms with van der Waals surface area (Å²) in [6.45, 7) is 2.15. The minimum Gasteiger partial charge on any atom is -0.486 e. The molecule has 7 heteroatoms. The number of carbonyl (C=O) groups excluding carboxylic acids is 2. The first-order chi connectivity index (χ1) is 12.0. The lowest BCUT2D eigenvalue weighted by atomic mass is 10.1. The van der Waals surface area contributed by atoms with Gasteiger partial charge < -0.3 is 19.5 Å². The van der Waals surface area contributed by atoms with E-state index in [9.17, 15) is 9.59 Å². The van der Waals surface area contributed by atoms with Crippen LogP contribution < -0.4 is 19.5 Å². The monoisotopic (exact) mass is 361 g/mol. The first-order valence-electron chi connectivity index (χ1n) is 7.66. The lowest BCUT2D eigenvalue weighted by Gasteiger charge is -2.20. The summed E-state index contributed by atoms with van der Waals surface area (Å²) in [5.41, 5.74) is 0.935. The molecule has 0 saturated carbocycles. The average Bonchev–Trinajstić information content (AvgIpc) is 2.61. The van der Waals surface area contributed by atoms with E-state index in [1.807, 2.05) is 0 Å². The maximum absolute atomic E-state index is 12.1. The van der Waals surface area contributed by atoms with Gasteiger partial charge in [-0.2, -0.15) is 0 Å². The van der Waals surface area contributed by atoms with Crippen LogP contribution in [0.2, 0.25) is 5.02 Å². The summed E-state index contributed by atoms with van der Waals surface area (Å²) < 4.78 is 16.3. The second-order valence-corrected chi connectivity index (χ2v) is 5.80. The van der Waals surface area contributed by atoms with Crippen LogP contribution in [0.1, 0.15) is 17.3 Å². The number of benzene rings is 2. The minimum atomic E-state index is -0.383. The maximum atomic E-state index is 12.1. The standard InChI is InChI=1S/C18H16ClNO5/c1-11(21)12-3-2-4-13(7-12)25-10-18(22)20-15-9-17-16(8-14(15)19)23-5-6-24-17/h2-4,7-9H,5-6,10H2,1H3,(H,20,22). The van der Waals surface area contributed by atoms with Crippen LogP contribution in [-0.2, 0) is 4.79 Å². The zero-order chi connectivity index (χ0) is 17.8. The molecule has 0 spiro atoms. The van der Waals surface area contributed by atoms with Crippen LogP contribution in [0.25, 0.3) is 0 Å². The SMILES string of the molecule is CC(=O)c1cccc(OCC(=O)Nc2cc3c(cc2Cl)OCCO3)c1. The number of ether oxygens (including phenoxy) is 3. The molecule has 1 aliphatic heterocycles. The minimum absolute atomic E-state index is 0.0713. The summed E-state index contributed by atoms with van der Waals surface area (Å²) in [6.07, 6.45) is 0. The van der Waals surface area contributed by atoms with Crippen molar-refractivity contribution in [2.24, 2.45) is 0 Å². The number of nitrogens with one attached hydrogen (secondary N) is 1. The molecule has 0 radical (unpaired) electrons. The van der Waals surface area contributed by atoms with Crippen molar-refractivity contribution >= 4 is 29.0 Å². The van der Waals surface area contributed by atoms with Gasteiger partial charge in [-0.15, -0.1) is 0 Å². The summed E-state index contributed by atoms with van der Waals surface area (Å²) >= 11 is 6.15. The van der Waals surface area contributed by atoms with Crippen molar-refractivity contribution in [3.05, 3.63) is 47.0 Å². The Hall–Kier alpha value is -2.73. The molecule has 25 heavy (non-hydrogen) atoms. The molecule has 2 aromatic carbocycles. The second kappa shape index (κ2) is 7.44. The molecule has 0 unspecified atom stereocenters. The van der Waals surface area contributed by atoms with Crippen LogP contribution in [0.4, 0.5) is 5.69 Å². The van der Waals surface area contributed by atoms with E-state index in [0.717, 1.165) is 0 Å². The Morgan fingerprint density at radius 1 is 1.16 bits per heavy atom. The predicted molar refractivity (Wildman–Crippen MR) is 93.0 cm³/mol. The van der Waals surface area contributed by atoms with E-state index in [-0.39, 0.29) is 18.3 Å². The maximum Gasteiger partial charge on any atom is 0.262 e. The Morgan fingerprint density at radius 2 is 1.88 bits per heavy atom. The van der Waals surface area contributed by atoms with E-state index >= 15 is 0 Å². The average molecular weight is 362 g/mol. The number of carbonyl (C=O) groups is 2. The van der Waals surface area contributed by atoms with Gasteiger partial charge in [0, 0.05) is 17.7 Å². The lowest BCUT2D eigenvalue weighted by molar-refractivity contribution is -0.118. The van der Waals surface area contributed by atoms with Crippen molar-refractivity contribution in [2.45, 2.75) is 6.92 Å². The Bertz CT molecular complexity index is 821. The van der Waals surface area contributed by atoms with Crippen molar-refractivity contribution in [2.75, 3.05) is 25.1 Å². The molecule has 1 heterocycles. The normalized spacial score (nSPS) is 12.4. The molecule has 0 aliphatic carbocycles. The number of Topliss-reactive ketones (excluding diaryl/α,β-unsaturated/α-hetero) is 1. The third-order valence-corrected chi connectivity index (χ3v) is 3.83. The topological polar surface area (TPSA) is 73.9 Å². The van der Waals surface area contributed by atoms with E-state index in [2.05, 4.69) is 5.32 Å². The van der Waals surface area contributed by atoms with Gasteiger partial charge in [0.15, 0.2) is 23.9 Å². The molecule has 2 aromatic rings. The van der Waals surface area contributed by atoms with Crippen LogP contribution in [0.5, 0.6) is 17.2 Å². The van der Waals surface area contributed by atoms with Crippen molar-refractivity contribution in [1.29, 1.82) is 0 Å². The molecule has 0 fully saturated rings. The molecule has 0 bridgehead atoms. The number of rotatable bonds is 5. The summed E-state index contributed by atoms with van der Waals surface area (Å²) in [7, 11) is 0. The molecule has 0 saturated heterocycles. The summed E-state index contributed by atoms with van der Waals surface area (Å²) in [4.78, 5) is 23.5. The van der Waals surface area contributed by atoms with Crippen LogP contribution in [0.15, 0.2) is 36.4 Å². The summed E-state index contributed by atoms with van der Waals surface area (Å²) in [5.74, 6) is 1.06. The van der Waals surface area contributed by atoms with Gasteiger partial charge in [-0.1, -0.05) is 23.7 Å². The first kappa shape index (κ1) is 17.1. The fourth-order valence-corrected chi connectivity index (χ4v) is 2.50. The molecule has 0 atom stereocenters. The highest BCUT2D eigenvalue weighted by atomic mass is 35.5. The Balaban J connectivity index is 1.63. The van der Waals surface area contributed by atoms with Crippen LogP contribution in [0.3, 0.4) is 0 Å². The molecule has 6 nitrogen and oxygen atoms in total. The van der Waals surface area contributed by atoms with E-state index < -0.39 is 0 Å². The largest absolute Gasteiger partial charge is 0.486 e. The highest BCUT2D eigenvalue weighted by Crippen LogP contribution is 2.37. The third kappa shape index (κ3) is 4.22. The number of hydrogen-bond donors (Lipinski definition) is 1. The molecular formula is C18H16ClNO5. The highest BCUT2D eigenvalue weighted by Gasteiger charge is 2.16. The van der Waals surface area contributed by atoms with E-state index in [4.69, 9.17) is 25.8 Å². The Morgan fingerprint density at radius 3 is 2.60 bits per heavy atom. The van der Waals surface area contributed by atoms with Gasteiger partial charge in [0.25, 0.3) is 5.91 Å². The van der Waals surface area contributed by atoms with Crippen LogP contribution in [0, 0.1) is 0 Å². The molecule has 1 N–H and O–H groups in total. The molecule has 3 rings (SSSR count). The fourth-order valence-electron chi connectivity index (χ4n) is 2.30. The van der Waals surface area contributed by atoms with E-state index in [0.29, 0.717) is 46.7 Å². The molecular weight excluding hydrogens is 346 g/mol. The van der Waals surface area contributed by atoms with Crippen molar-refractivity contribution in [3.63, 3.8) is 0 Å². The molecule has 0 aromatic heterocycles. The van der Waals surface area contributed by atoms with Gasteiger partial charge in [-0.3, -0.25) is 9.59 Å². The van der Waals surface area contributed by atoms with Gasteiger partial charge in [-0.25, -0.2) is 0 Å². The zero-order valence-electron chi connectivity index (χ0n) is 13.5. The Labute approximate surface area is 149 Å². The second-order valence-electron chi connectivity index (χ2n) is 5.40. The first-order valence-corrected chi connectivity index (χ1v) is 8.03. The van der Waals surface area contributed by atoms with Crippen molar-refractivity contribution in [1.82, 2.24) is 0 Å². The van der Waals surface area contributed by atoms with E-state index in [1.165, 1.54) is 6.92 Å². The molecule has 130 valence electrons. The van der Waals surface area contributed by atoms with Crippen LogP contribution >= 0.6 is 11.6 Å². The van der Waals surface area contributed by atoms with Gasteiger partial charge in [0.1, 0.15) is 19.0 Å². The smallest absolute Gasteiger partial charge is 0.262 e. The van der Waals surface area contributed by atoms with Gasteiger partial charge in [0.2, 0.25) is 0 Å². The number of anilines is 1. The summed E-state index contributed by atoms with van der Waals surface area (Å²) in [5, 5.41) is 3.01. The molecule has 1 amide bonds. The molecule has 1 aliphatic rings. The van der Waals surface area contributed by atoms with Crippen molar-refractivity contribution < 1.29 is 23.8 Å². The number of hydrogen-bond acceptors (Lipinski definition) is 5. The number of halogens is 1. The lowest BCUT2D eigenvalue weighted by Crippen LogP contribution is -2.21. The zero-order valence-corrected chi connectivity index (χ0v) is 14.3. The number of fused-ring (bicyclic) bond motifs is 1. The van der Waals surface area contributed by atoms with Gasteiger partial charge in [0.05, 0.1) is 10.7 Å².